The number of hydrogen-bond donors (Lipinski definition) is 2. The molecule has 1 unspecified atom stereocenters. The van der Waals surface area contributed by atoms with Gasteiger partial charge < -0.3 is 15.1 Å². The Morgan fingerprint density at radius 1 is 1.53 bits per heavy atom. The second kappa shape index (κ2) is 4.16. The van der Waals surface area contributed by atoms with E-state index in [2.05, 4.69) is 0 Å². The molecule has 0 saturated carbocycles. The molecule has 1 aromatic carbocycles. The Bertz CT molecular complexity index is 468. The lowest BCUT2D eigenvalue weighted by Crippen LogP contribution is -2.33. The number of rotatable bonds is 1. The van der Waals surface area contributed by atoms with Gasteiger partial charge in [0.1, 0.15) is 11.4 Å². The van der Waals surface area contributed by atoms with E-state index >= 15 is 0 Å². The molecule has 1 atom stereocenters. The monoisotopic (exact) mass is 259 g/mol. The molecule has 1 fully saturated rings. The zero-order valence-corrected chi connectivity index (χ0v) is 9.62. The molecule has 0 spiro atoms. The fourth-order valence-corrected chi connectivity index (χ4v) is 2.16. The smallest absolute Gasteiger partial charge is 0.407 e. The number of likely N-dealkylation sites (tertiary alicyclic amines) is 1. The third-order valence-corrected chi connectivity index (χ3v) is 3.26. The topological polar surface area (TPSA) is 60.8 Å². The number of benzene rings is 1. The molecule has 0 aromatic heterocycles. The third kappa shape index (κ3) is 2.21. The van der Waals surface area contributed by atoms with Crippen molar-refractivity contribution in [3.63, 3.8) is 0 Å². The van der Waals surface area contributed by atoms with Gasteiger partial charge in [0.25, 0.3) is 0 Å². The van der Waals surface area contributed by atoms with E-state index in [1.165, 1.54) is 18.2 Å². The van der Waals surface area contributed by atoms with Gasteiger partial charge in [-0.25, -0.2) is 9.18 Å². The lowest BCUT2D eigenvalue weighted by Gasteiger charge is -2.23. The SMILES string of the molecule is O=C(O)N1CCC(O)(c2ccc(F)c(Cl)c2)C1. The van der Waals surface area contributed by atoms with Crippen LogP contribution in [-0.2, 0) is 5.60 Å². The molecule has 1 aromatic rings. The molecule has 1 aliphatic heterocycles. The molecule has 1 heterocycles. The predicted molar refractivity (Wildman–Crippen MR) is 59.5 cm³/mol. The largest absolute Gasteiger partial charge is 0.465 e. The lowest BCUT2D eigenvalue weighted by atomic mass is 9.93. The number of nitrogens with zero attached hydrogens (tertiary/aromatic N) is 1. The summed E-state index contributed by atoms with van der Waals surface area (Å²) in [7, 11) is 0. The van der Waals surface area contributed by atoms with Crippen molar-refractivity contribution >= 4 is 17.7 Å². The Balaban J connectivity index is 2.27. The quantitative estimate of drug-likeness (QED) is 0.811. The third-order valence-electron chi connectivity index (χ3n) is 2.98. The minimum absolute atomic E-state index is 0.0235. The van der Waals surface area contributed by atoms with Crippen molar-refractivity contribution in [1.29, 1.82) is 0 Å². The highest BCUT2D eigenvalue weighted by molar-refractivity contribution is 6.30. The minimum atomic E-state index is -1.28. The summed E-state index contributed by atoms with van der Waals surface area (Å²) >= 11 is 5.64. The summed E-state index contributed by atoms with van der Waals surface area (Å²) in [5, 5.41) is 19.1. The maximum atomic E-state index is 13.0. The Morgan fingerprint density at radius 3 is 2.76 bits per heavy atom. The van der Waals surface area contributed by atoms with Crippen LogP contribution in [0.4, 0.5) is 9.18 Å². The second-order valence-electron chi connectivity index (χ2n) is 4.11. The first-order chi connectivity index (χ1) is 7.92. The van der Waals surface area contributed by atoms with Crippen LogP contribution in [0.5, 0.6) is 0 Å². The van der Waals surface area contributed by atoms with Gasteiger partial charge >= 0.3 is 6.09 Å². The summed E-state index contributed by atoms with van der Waals surface area (Å²) in [5.41, 5.74) is -0.844. The number of carbonyl (C=O) groups is 1. The van der Waals surface area contributed by atoms with E-state index in [0.717, 1.165) is 4.90 Å². The first kappa shape index (κ1) is 12.1. The molecular formula is C11H11ClFNO3. The molecule has 1 saturated heterocycles. The van der Waals surface area contributed by atoms with Crippen molar-refractivity contribution in [3.8, 4) is 0 Å². The van der Waals surface area contributed by atoms with Crippen LogP contribution in [0.2, 0.25) is 5.02 Å². The molecule has 17 heavy (non-hydrogen) atoms. The van der Waals surface area contributed by atoms with Crippen LogP contribution in [0.1, 0.15) is 12.0 Å². The van der Waals surface area contributed by atoms with E-state index < -0.39 is 17.5 Å². The summed E-state index contributed by atoms with van der Waals surface area (Å²) in [5.74, 6) is -0.563. The zero-order chi connectivity index (χ0) is 12.6. The van der Waals surface area contributed by atoms with Crippen LogP contribution in [-0.4, -0.2) is 34.3 Å². The normalized spacial score (nSPS) is 24.1. The van der Waals surface area contributed by atoms with E-state index in [9.17, 15) is 14.3 Å². The van der Waals surface area contributed by atoms with Gasteiger partial charge in [-0.2, -0.15) is 0 Å². The number of amides is 1. The maximum absolute atomic E-state index is 13.0. The fraction of sp³-hybridized carbons (Fsp3) is 0.364. The predicted octanol–water partition coefficient (Wildman–Crippen LogP) is 2.05. The van der Waals surface area contributed by atoms with Gasteiger partial charge in [-0.05, 0) is 24.1 Å². The van der Waals surface area contributed by atoms with Gasteiger partial charge in [0, 0.05) is 6.54 Å². The molecule has 92 valence electrons. The Labute approximate surface area is 102 Å². The van der Waals surface area contributed by atoms with E-state index in [4.69, 9.17) is 16.7 Å². The van der Waals surface area contributed by atoms with Crippen LogP contribution in [0.15, 0.2) is 18.2 Å². The minimum Gasteiger partial charge on any atom is -0.465 e. The summed E-state index contributed by atoms with van der Waals surface area (Å²) in [6, 6.07) is 3.92. The Kier molecular flexibility index (Phi) is 2.97. The molecule has 0 bridgehead atoms. The van der Waals surface area contributed by atoms with Crippen molar-refractivity contribution in [2.24, 2.45) is 0 Å². The molecule has 1 amide bonds. The molecule has 0 aliphatic carbocycles. The van der Waals surface area contributed by atoms with Gasteiger partial charge in [0.2, 0.25) is 0 Å². The van der Waals surface area contributed by atoms with E-state index in [-0.39, 0.29) is 24.5 Å². The number of carboxylic acid groups (broad SMARTS) is 1. The summed E-state index contributed by atoms with van der Waals surface area (Å²) in [6.07, 6.45) is -0.796. The number of halogens is 2. The van der Waals surface area contributed by atoms with Gasteiger partial charge in [-0.1, -0.05) is 17.7 Å². The van der Waals surface area contributed by atoms with Crippen molar-refractivity contribution in [3.05, 3.63) is 34.6 Å². The highest BCUT2D eigenvalue weighted by atomic mass is 35.5. The highest BCUT2D eigenvalue weighted by Crippen LogP contribution is 2.33. The van der Waals surface area contributed by atoms with E-state index in [1.807, 2.05) is 0 Å². The second-order valence-corrected chi connectivity index (χ2v) is 4.52. The molecule has 2 rings (SSSR count). The van der Waals surface area contributed by atoms with Crippen LogP contribution in [0.3, 0.4) is 0 Å². The van der Waals surface area contributed by atoms with Crippen molar-refractivity contribution in [2.45, 2.75) is 12.0 Å². The zero-order valence-electron chi connectivity index (χ0n) is 8.86. The number of hydrogen-bond acceptors (Lipinski definition) is 2. The molecular weight excluding hydrogens is 249 g/mol. The van der Waals surface area contributed by atoms with Crippen LogP contribution in [0.25, 0.3) is 0 Å². The average molecular weight is 260 g/mol. The molecule has 2 N–H and O–H groups in total. The molecule has 1 aliphatic rings. The first-order valence-corrected chi connectivity index (χ1v) is 5.46. The van der Waals surface area contributed by atoms with Crippen LogP contribution in [0, 0.1) is 5.82 Å². The lowest BCUT2D eigenvalue weighted by molar-refractivity contribution is 0.0458. The summed E-state index contributed by atoms with van der Waals surface area (Å²) in [4.78, 5) is 11.9. The Morgan fingerprint density at radius 2 is 2.24 bits per heavy atom. The highest BCUT2D eigenvalue weighted by Gasteiger charge is 2.39. The van der Waals surface area contributed by atoms with Crippen molar-refractivity contribution in [1.82, 2.24) is 4.90 Å². The van der Waals surface area contributed by atoms with Gasteiger partial charge in [-0.15, -0.1) is 0 Å². The Hall–Kier alpha value is -1.33. The maximum Gasteiger partial charge on any atom is 0.407 e. The van der Waals surface area contributed by atoms with E-state index in [1.54, 1.807) is 0 Å². The van der Waals surface area contributed by atoms with Crippen LogP contribution >= 0.6 is 11.6 Å². The van der Waals surface area contributed by atoms with Crippen molar-refractivity contribution in [2.75, 3.05) is 13.1 Å². The summed E-state index contributed by atoms with van der Waals surface area (Å²) in [6.45, 7) is 0.227. The van der Waals surface area contributed by atoms with Gasteiger partial charge in [0.15, 0.2) is 0 Å². The average Bonchev–Trinajstić information content (AvgIpc) is 2.66. The first-order valence-electron chi connectivity index (χ1n) is 5.08. The number of aliphatic hydroxyl groups is 1. The van der Waals surface area contributed by atoms with E-state index in [0.29, 0.717) is 5.56 Å². The molecule has 4 nitrogen and oxygen atoms in total. The summed E-state index contributed by atoms with van der Waals surface area (Å²) < 4.78 is 13.0. The molecule has 0 radical (unpaired) electrons. The van der Waals surface area contributed by atoms with Crippen molar-refractivity contribution < 1.29 is 19.4 Å². The number of β-amino-alcohol motifs (C(OH)–C–C–N with tert-alkyl or cyclic N) is 1. The fourth-order valence-electron chi connectivity index (χ4n) is 1.98. The standard InChI is InChI=1S/C11H11ClFNO3/c12-8-5-7(1-2-9(8)13)11(17)3-4-14(6-11)10(15)16/h1-2,5,17H,3-4,6H2,(H,15,16). The van der Waals surface area contributed by atoms with Gasteiger partial charge in [-0.3, -0.25) is 0 Å². The molecule has 6 heteroatoms. The van der Waals surface area contributed by atoms with Crippen LogP contribution < -0.4 is 0 Å². The van der Waals surface area contributed by atoms with Gasteiger partial charge in [0.05, 0.1) is 11.6 Å².